The van der Waals surface area contributed by atoms with Crippen molar-refractivity contribution >= 4 is 5.78 Å². The average Bonchev–Trinajstić information content (AvgIpc) is 2.71. The van der Waals surface area contributed by atoms with E-state index >= 15 is 0 Å². The molecule has 14 heavy (non-hydrogen) atoms. The van der Waals surface area contributed by atoms with Gasteiger partial charge in [0.1, 0.15) is 11.1 Å². The zero-order valence-electron chi connectivity index (χ0n) is 8.80. The van der Waals surface area contributed by atoms with E-state index in [0.717, 1.165) is 24.8 Å². The number of Topliss-reactive ketones (excluding diaryl/α,β-unsaturated/α-hetero) is 1. The first-order valence-corrected chi connectivity index (χ1v) is 5.14. The summed E-state index contributed by atoms with van der Waals surface area (Å²) in [6, 6.07) is 0. The number of carbonyl (C=O) groups is 1. The lowest BCUT2D eigenvalue weighted by atomic mass is 9.76. The van der Waals surface area contributed by atoms with Crippen LogP contribution in [0.4, 0.5) is 0 Å². The Balaban J connectivity index is 2.35. The van der Waals surface area contributed by atoms with Gasteiger partial charge in [0, 0.05) is 0 Å². The molecule has 0 unspecified atom stereocenters. The number of epoxide rings is 1. The van der Waals surface area contributed by atoms with Crippen molar-refractivity contribution < 1.29 is 9.53 Å². The Labute approximate surface area is 84.3 Å². The molecular weight excluding hydrogens is 178 g/mol. The third-order valence-electron chi connectivity index (χ3n) is 3.51. The van der Waals surface area contributed by atoms with Crippen LogP contribution in [0.5, 0.6) is 0 Å². The fraction of sp³-hybridized carbons (Fsp3) is 0.727. The molecule has 78 valence electrons. The molecular formula is C11H17NO2. The normalized spacial score (nSPS) is 34.9. The molecule has 3 heteroatoms. The predicted octanol–water partition coefficient (Wildman–Crippen LogP) is 1.17. The van der Waals surface area contributed by atoms with E-state index in [2.05, 4.69) is 6.08 Å². The van der Waals surface area contributed by atoms with Crippen LogP contribution in [0.15, 0.2) is 11.6 Å². The molecule has 0 aromatic rings. The summed E-state index contributed by atoms with van der Waals surface area (Å²) in [6.07, 6.45) is 5.19. The van der Waals surface area contributed by atoms with Crippen molar-refractivity contribution in [3.8, 4) is 0 Å². The second-order valence-electron chi connectivity index (χ2n) is 4.51. The average molecular weight is 195 g/mol. The zero-order valence-corrected chi connectivity index (χ0v) is 8.80. The molecule has 2 atom stereocenters. The molecule has 1 heterocycles. The van der Waals surface area contributed by atoms with Crippen molar-refractivity contribution in [2.75, 3.05) is 6.61 Å². The van der Waals surface area contributed by atoms with E-state index < -0.39 is 11.1 Å². The molecule has 1 aliphatic carbocycles. The number of allylic oxidation sites excluding steroid dienone is 1. The number of hydrogen-bond acceptors (Lipinski definition) is 3. The SMILES string of the molecule is CC(=O)[C@](N)(C1=CCCC1)[C@]1(C)CO1. The van der Waals surface area contributed by atoms with Gasteiger partial charge in [-0.15, -0.1) is 0 Å². The van der Waals surface area contributed by atoms with Crippen LogP contribution in [0.3, 0.4) is 0 Å². The minimum atomic E-state index is -0.872. The first-order valence-electron chi connectivity index (χ1n) is 5.14. The Kier molecular flexibility index (Phi) is 2.05. The summed E-state index contributed by atoms with van der Waals surface area (Å²) in [5.41, 5.74) is 6.00. The summed E-state index contributed by atoms with van der Waals surface area (Å²) in [6.45, 7) is 4.08. The van der Waals surface area contributed by atoms with E-state index in [1.54, 1.807) is 6.92 Å². The van der Waals surface area contributed by atoms with Crippen LogP contribution >= 0.6 is 0 Å². The van der Waals surface area contributed by atoms with E-state index in [0.29, 0.717) is 6.61 Å². The molecule has 0 aromatic heterocycles. The van der Waals surface area contributed by atoms with Gasteiger partial charge in [-0.3, -0.25) is 4.79 Å². The quantitative estimate of drug-likeness (QED) is 0.543. The van der Waals surface area contributed by atoms with Crippen molar-refractivity contribution in [2.45, 2.75) is 44.2 Å². The largest absolute Gasteiger partial charge is 0.367 e. The van der Waals surface area contributed by atoms with Crippen LogP contribution in [0.25, 0.3) is 0 Å². The van der Waals surface area contributed by atoms with Gasteiger partial charge in [-0.2, -0.15) is 0 Å². The standard InChI is InChI=1S/C11H17NO2/c1-8(13)11(12,10(2)7-14-10)9-5-3-4-6-9/h5H,3-4,6-7,12H2,1-2H3/t10-,11-/m0/s1. The predicted molar refractivity (Wildman–Crippen MR) is 53.9 cm³/mol. The lowest BCUT2D eigenvalue weighted by Gasteiger charge is -2.32. The summed E-state index contributed by atoms with van der Waals surface area (Å²) in [5.74, 6) is 0.0191. The molecule has 2 N–H and O–H groups in total. The van der Waals surface area contributed by atoms with Crippen molar-refractivity contribution in [1.29, 1.82) is 0 Å². The number of ether oxygens (including phenoxy) is 1. The highest BCUT2D eigenvalue weighted by Gasteiger charge is 2.60. The molecule has 2 rings (SSSR count). The van der Waals surface area contributed by atoms with Crippen LogP contribution in [-0.4, -0.2) is 23.5 Å². The Morgan fingerprint density at radius 2 is 2.36 bits per heavy atom. The summed E-state index contributed by atoms with van der Waals surface area (Å²) < 4.78 is 5.35. The topological polar surface area (TPSA) is 55.6 Å². The molecule has 0 amide bonds. The van der Waals surface area contributed by atoms with Gasteiger partial charge in [-0.1, -0.05) is 6.08 Å². The number of rotatable bonds is 3. The van der Waals surface area contributed by atoms with Gasteiger partial charge in [0.25, 0.3) is 0 Å². The molecule has 0 aromatic carbocycles. The van der Waals surface area contributed by atoms with Gasteiger partial charge in [0.2, 0.25) is 0 Å². The van der Waals surface area contributed by atoms with Gasteiger partial charge in [0.05, 0.1) is 6.61 Å². The Bertz CT molecular complexity index is 304. The van der Waals surface area contributed by atoms with Crippen LogP contribution in [0.1, 0.15) is 33.1 Å². The van der Waals surface area contributed by atoms with Crippen molar-refractivity contribution in [3.63, 3.8) is 0 Å². The number of carbonyl (C=O) groups excluding carboxylic acids is 1. The molecule has 0 saturated carbocycles. The van der Waals surface area contributed by atoms with Gasteiger partial charge in [-0.05, 0) is 38.7 Å². The molecule has 0 radical (unpaired) electrons. The van der Waals surface area contributed by atoms with Crippen LogP contribution in [0, 0.1) is 0 Å². The zero-order chi connectivity index (χ0) is 10.4. The Morgan fingerprint density at radius 3 is 2.71 bits per heavy atom. The van der Waals surface area contributed by atoms with Gasteiger partial charge in [0.15, 0.2) is 5.78 Å². The smallest absolute Gasteiger partial charge is 0.156 e. The molecule has 1 aliphatic heterocycles. The fourth-order valence-corrected chi connectivity index (χ4v) is 2.30. The van der Waals surface area contributed by atoms with Gasteiger partial charge >= 0.3 is 0 Å². The van der Waals surface area contributed by atoms with Crippen LogP contribution < -0.4 is 5.73 Å². The number of hydrogen-bond donors (Lipinski definition) is 1. The molecule has 0 spiro atoms. The molecule has 2 aliphatic rings. The number of ketones is 1. The van der Waals surface area contributed by atoms with Crippen LogP contribution in [0.2, 0.25) is 0 Å². The molecule has 0 bridgehead atoms. The van der Waals surface area contributed by atoms with Crippen molar-refractivity contribution in [1.82, 2.24) is 0 Å². The summed E-state index contributed by atoms with van der Waals surface area (Å²) in [4.78, 5) is 11.7. The summed E-state index contributed by atoms with van der Waals surface area (Å²) in [7, 11) is 0. The maximum Gasteiger partial charge on any atom is 0.156 e. The minimum Gasteiger partial charge on any atom is -0.367 e. The maximum atomic E-state index is 11.7. The minimum absolute atomic E-state index is 0.0191. The van der Waals surface area contributed by atoms with Gasteiger partial charge in [-0.25, -0.2) is 0 Å². The molecule has 3 nitrogen and oxygen atoms in total. The lowest BCUT2D eigenvalue weighted by molar-refractivity contribution is -0.122. The Morgan fingerprint density at radius 1 is 1.71 bits per heavy atom. The fourth-order valence-electron chi connectivity index (χ4n) is 2.30. The van der Waals surface area contributed by atoms with Crippen LogP contribution in [-0.2, 0) is 9.53 Å². The molecule has 1 saturated heterocycles. The lowest BCUT2D eigenvalue weighted by Crippen LogP contribution is -2.58. The highest BCUT2D eigenvalue weighted by atomic mass is 16.6. The highest BCUT2D eigenvalue weighted by molar-refractivity contribution is 5.92. The van der Waals surface area contributed by atoms with E-state index in [1.807, 2.05) is 6.92 Å². The molecule has 1 fully saturated rings. The Hall–Kier alpha value is -0.670. The highest BCUT2D eigenvalue weighted by Crippen LogP contribution is 2.44. The maximum absolute atomic E-state index is 11.7. The second kappa shape index (κ2) is 2.91. The third-order valence-corrected chi connectivity index (χ3v) is 3.51. The summed E-state index contributed by atoms with van der Waals surface area (Å²) >= 11 is 0. The second-order valence-corrected chi connectivity index (χ2v) is 4.51. The number of nitrogens with two attached hydrogens (primary N) is 1. The van der Waals surface area contributed by atoms with E-state index in [1.165, 1.54) is 0 Å². The first kappa shape index (κ1) is 9.87. The van der Waals surface area contributed by atoms with Crippen molar-refractivity contribution in [3.05, 3.63) is 11.6 Å². The van der Waals surface area contributed by atoms with Crippen molar-refractivity contribution in [2.24, 2.45) is 5.73 Å². The van der Waals surface area contributed by atoms with E-state index in [4.69, 9.17) is 10.5 Å². The van der Waals surface area contributed by atoms with E-state index in [-0.39, 0.29) is 5.78 Å². The van der Waals surface area contributed by atoms with E-state index in [9.17, 15) is 4.79 Å². The van der Waals surface area contributed by atoms with Gasteiger partial charge < -0.3 is 10.5 Å². The first-order chi connectivity index (χ1) is 6.51. The third kappa shape index (κ3) is 1.16. The monoisotopic (exact) mass is 195 g/mol. The summed E-state index contributed by atoms with van der Waals surface area (Å²) in [5, 5.41) is 0.